The molecule has 1 aliphatic rings. The molecule has 0 bridgehead atoms. The Kier molecular flexibility index (Phi) is 4.68. The predicted octanol–water partition coefficient (Wildman–Crippen LogP) is 4.08. The van der Waals surface area contributed by atoms with Crippen LogP contribution in [0.2, 0.25) is 0 Å². The molecule has 0 aliphatic heterocycles. The van der Waals surface area contributed by atoms with E-state index in [4.69, 9.17) is 0 Å². The van der Waals surface area contributed by atoms with Crippen molar-refractivity contribution in [1.82, 2.24) is 4.98 Å². The van der Waals surface area contributed by atoms with Crippen molar-refractivity contribution in [3.05, 3.63) is 54.4 Å². The third-order valence-corrected chi connectivity index (χ3v) is 4.00. The smallest absolute Gasteiger partial charge is 0.274 e. The van der Waals surface area contributed by atoms with E-state index in [-0.39, 0.29) is 5.91 Å². The van der Waals surface area contributed by atoms with E-state index < -0.39 is 0 Å². The molecule has 0 saturated heterocycles. The lowest BCUT2D eigenvalue weighted by Gasteiger charge is -2.23. The van der Waals surface area contributed by atoms with Gasteiger partial charge in [-0.1, -0.05) is 37.5 Å². The molecule has 0 spiro atoms. The van der Waals surface area contributed by atoms with Crippen molar-refractivity contribution in [2.45, 2.75) is 38.1 Å². The molecule has 22 heavy (non-hydrogen) atoms. The Morgan fingerprint density at radius 1 is 1.00 bits per heavy atom. The van der Waals surface area contributed by atoms with Gasteiger partial charge < -0.3 is 10.6 Å². The van der Waals surface area contributed by atoms with Crippen LogP contribution in [0.4, 0.5) is 11.4 Å². The highest BCUT2D eigenvalue weighted by atomic mass is 16.1. The van der Waals surface area contributed by atoms with Gasteiger partial charge in [-0.3, -0.25) is 9.78 Å². The van der Waals surface area contributed by atoms with Crippen molar-refractivity contribution in [3.63, 3.8) is 0 Å². The highest BCUT2D eigenvalue weighted by Crippen LogP contribution is 2.21. The van der Waals surface area contributed by atoms with Gasteiger partial charge in [0.15, 0.2) is 0 Å². The molecule has 1 heterocycles. The molecule has 0 unspecified atom stereocenters. The third-order valence-electron chi connectivity index (χ3n) is 4.00. The second-order valence-electron chi connectivity index (χ2n) is 5.73. The molecule has 2 aromatic rings. The van der Waals surface area contributed by atoms with Crippen LogP contribution in [0.1, 0.15) is 42.6 Å². The number of carbonyl (C=O) groups excluding carboxylic acids is 1. The van der Waals surface area contributed by atoms with Gasteiger partial charge in [-0.2, -0.15) is 0 Å². The van der Waals surface area contributed by atoms with Crippen LogP contribution in [0.15, 0.2) is 48.7 Å². The molecule has 1 aromatic carbocycles. The van der Waals surface area contributed by atoms with E-state index in [1.54, 1.807) is 6.20 Å². The summed E-state index contributed by atoms with van der Waals surface area (Å²) in [6, 6.07) is 13.7. The molecule has 1 aliphatic carbocycles. The van der Waals surface area contributed by atoms with E-state index in [1.807, 2.05) is 42.5 Å². The number of pyridine rings is 1. The Balaban J connectivity index is 1.66. The zero-order valence-electron chi connectivity index (χ0n) is 12.6. The normalized spacial score (nSPS) is 15.3. The fourth-order valence-corrected chi connectivity index (χ4v) is 2.84. The molecule has 1 fully saturated rings. The highest BCUT2D eigenvalue weighted by molar-refractivity contribution is 6.03. The Hall–Kier alpha value is -2.36. The summed E-state index contributed by atoms with van der Waals surface area (Å²) in [5.74, 6) is -0.182. The van der Waals surface area contributed by atoms with Crippen LogP contribution in [0.25, 0.3) is 0 Å². The summed E-state index contributed by atoms with van der Waals surface area (Å²) in [4.78, 5) is 16.4. The van der Waals surface area contributed by atoms with Crippen molar-refractivity contribution in [2.24, 2.45) is 0 Å². The van der Waals surface area contributed by atoms with Crippen molar-refractivity contribution in [2.75, 3.05) is 10.6 Å². The van der Waals surface area contributed by atoms with Crippen LogP contribution in [-0.4, -0.2) is 16.9 Å². The number of anilines is 2. The lowest BCUT2D eigenvalue weighted by molar-refractivity contribution is 0.102. The van der Waals surface area contributed by atoms with E-state index in [1.165, 1.54) is 32.1 Å². The number of rotatable bonds is 4. The summed E-state index contributed by atoms with van der Waals surface area (Å²) < 4.78 is 0. The van der Waals surface area contributed by atoms with Gasteiger partial charge in [-0.25, -0.2) is 0 Å². The molecule has 114 valence electrons. The second-order valence-corrected chi connectivity index (χ2v) is 5.73. The summed E-state index contributed by atoms with van der Waals surface area (Å²) >= 11 is 0. The standard InChI is InChI=1S/C18H21N3O/c22-18(21-15-9-5-2-6-10-15)17-13-16(11-12-19-17)20-14-7-3-1-4-8-14/h2,5-6,9-14H,1,3-4,7-8H2,(H,19,20)(H,21,22). The first-order valence-corrected chi connectivity index (χ1v) is 7.90. The second kappa shape index (κ2) is 7.07. The van der Waals surface area contributed by atoms with Gasteiger partial charge in [0.25, 0.3) is 5.91 Å². The maximum Gasteiger partial charge on any atom is 0.274 e. The van der Waals surface area contributed by atoms with E-state index >= 15 is 0 Å². The Bertz CT molecular complexity index is 621. The van der Waals surface area contributed by atoms with Gasteiger partial charge >= 0.3 is 0 Å². The maximum absolute atomic E-state index is 12.3. The van der Waals surface area contributed by atoms with E-state index in [9.17, 15) is 4.79 Å². The monoisotopic (exact) mass is 295 g/mol. The number of hydrogen-bond acceptors (Lipinski definition) is 3. The molecule has 4 nitrogen and oxygen atoms in total. The SMILES string of the molecule is O=C(Nc1ccccc1)c1cc(NC2CCCCC2)ccn1. The number of nitrogens with one attached hydrogen (secondary N) is 2. The third kappa shape index (κ3) is 3.85. The first kappa shape index (κ1) is 14.6. The minimum absolute atomic E-state index is 0.182. The van der Waals surface area contributed by atoms with Crippen molar-refractivity contribution in [1.29, 1.82) is 0 Å². The zero-order valence-corrected chi connectivity index (χ0v) is 12.6. The van der Waals surface area contributed by atoms with Crippen molar-refractivity contribution < 1.29 is 4.79 Å². The molecule has 1 saturated carbocycles. The van der Waals surface area contributed by atoms with Gasteiger partial charge in [0.2, 0.25) is 0 Å². The summed E-state index contributed by atoms with van der Waals surface area (Å²) in [7, 11) is 0. The van der Waals surface area contributed by atoms with Crippen LogP contribution >= 0.6 is 0 Å². The average Bonchev–Trinajstić information content (AvgIpc) is 2.57. The Morgan fingerprint density at radius 3 is 2.55 bits per heavy atom. The minimum Gasteiger partial charge on any atom is -0.382 e. The molecule has 2 N–H and O–H groups in total. The Morgan fingerprint density at radius 2 is 1.77 bits per heavy atom. The zero-order chi connectivity index (χ0) is 15.2. The largest absolute Gasteiger partial charge is 0.382 e. The average molecular weight is 295 g/mol. The fourth-order valence-electron chi connectivity index (χ4n) is 2.84. The quantitative estimate of drug-likeness (QED) is 0.893. The van der Waals surface area contributed by atoms with Crippen LogP contribution in [0.5, 0.6) is 0 Å². The van der Waals surface area contributed by atoms with Crippen LogP contribution in [0, 0.1) is 0 Å². The first-order valence-electron chi connectivity index (χ1n) is 7.90. The van der Waals surface area contributed by atoms with Crippen molar-refractivity contribution >= 4 is 17.3 Å². The van der Waals surface area contributed by atoms with Gasteiger partial charge in [-0.15, -0.1) is 0 Å². The van der Waals surface area contributed by atoms with Crippen LogP contribution in [-0.2, 0) is 0 Å². The summed E-state index contributed by atoms with van der Waals surface area (Å²) in [5, 5.41) is 6.38. The number of benzene rings is 1. The van der Waals surface area contributed by atoms with E-state index in [0.717, 1.165) is 11.4 Å². The number of amides is 1. The van der Waals surface area contributed by atoms with Gasteiger partial charge in [0.05, 0.1) is 0 Å². The molecule has 0 radical (unpaired) electrons. The summed E-state index contributed by atoms with van der Waals surface area (Å²) in [6.07, 6.45) is 7.99. The van der Waals surface area contributed by atoms with E-state index in [2.05, 4.69) is 15.6 Å². The van der Waals surface area contributed by atoms with Gasteiger partial charge in [-0.05, 0) is 37.1 Å². The molecule has 0 atom stereocenters. The summed E-state index contributed by atoms with van der Waals surface area (Å²) in [6.45, 7) is 0. The van der Waals surface area contributed by atoms with Gasteiger partial charge in [0, 0.05) is 23.6 Å². The fraction of sp³-hybridized carbons (Fsp3) is 0.333. The lowest BCUT2D eigenvalue weighted by Crippen LogP contribution is -2.22. The highest BCUT2D eigenvalue weighted by Gasteiger charge is 2.14. The number of hydrogen-bond donors (Lipinski definition) is 2. The molecular weight excluding hydrogens is 274 g/mol. The van der Waals surface area contributed by atoms with Crippen molar-refractivity contribution in [3.8, 4) is 0 Å². The maximum atomic E-state index is 12.3. The lowest BCUT2D eigenvalue weighted by atomic mass is 9.95. The Labute approximate surface area is 131 Å². The van der Waals surface area contributed by atoms with Crippen LogP contribution < -0.4 is 10.6 Å². The number of nitrogens with zero attached hydrogens (tertiary/aromatic N) is 1. The number of aromatic nitrogens is 1. The predicted molar refractivity (Wildman–Crippen MR) is 89.1 cm³/mol. The molecule has 3 rings (SSSR count). The van der Waals surface area contributed by atoms with Crippen LogP contribution in [0.3, 0.4) is 0 Å². The molecule has 4 heteroatoms. The summed E-state index contributed by atoms with van der Waals surface area (Å²) in [5.41, 5.74) is 2.18. The topological polar surface area (TPSA) is 54.0 Å². The molecule has 1 amide bonds. The number of para-hydroxylation sites is 1. The minimum atomic E-state index is -0.182. The van der Waals surface area contributed by atoms with E-state index in [0.29, 0.717) is 11.7 Å². The van der Waals surface area contributed by atoms with Gasteiger partial charge in [0.1, 0.15) is 5.69 Å². The molecule has 1 aromatic heterocycles. The first-order chi connectivity index (χ1) is 10.8. The number of carbonyl (C=O) groups is 1. The molecular formula is C18H21N3O.